The lowest BCUT2D eigenvalue weighted by molar-refractivity contribution is -0.137. The van der Waals surface area contributed by atoms with Crippen molar-refractivity contribution in [2.24, 2.45) is 0 Å². The normalized spacial score (nSPS) is 11.7. The van der Waals surface area contributed by atoms with Crippen LogP contribution in [0.3, 0.4) is 0 Å². The van der Waals surface area contributed by atoms with Crippen molar-refractivity contribution >= 4 is 0 Å². The molecule has 0 bridgehead atoms. The number of aromatic amines is 1. The van der Waals surface area contributed by atoms with E-state index in [2.05, 4.69) is 20.4 Å². The molecule has 0 aliphatic heterocycles. The van der Waals surface area contributed by atoms with Crippen LogP contribution in [-0.4, -0.2) is 20.4 Å². The van der Waals surface area contributed by atoms with Crippen molar-refractivity contribution in [1.29, 1.82) is 5.26 Å². The van der Waals surface area contributed by atoms with Crippen LogP contribution >= 0.6 is 0 Å². The molecule has 0 unspecified atom stereocenters. The molecule has 11 heteroatoms. The van der Waals surface area contributed by atoms with Gasteiger partial charge in [0.1, 0.15) is 11.8 Å². The molecule has 0 aliphatic carbocycles. The van der Waals surface area contributed by atoms with Crippen molar-refractivity contribution in [3.63, 3.8) is 0 Å². The number of oxazole rings is 1. The highest BCUT2D eigenvalue weighted by atomic mass is 19.4. The standard InChI is InChI=1S/C14H6F5N5O/c15-12(16)11-10(9-8(5-20)22-24-23-9)21-13(25-11)6-1-3-7(4-2-6)14(17,18)19/h1-4,12H,(H,22,23,24). The Bertz CT molecular complexity index is 936. The highest BCUT2D eigenvalue weighted by Crippen LogP contribution is 2.36. The van der Waals surface area contributed by atoms with Gasteiger partial charge in [-0.2, -0.15) is 28.7 Å². The van der Waals surface area contributed by atoms with E-state index < -0.39 is 29.6 Å². The van der Waals surface area contributed by atoms with Gasteiger partial charge in [0.05, 0.1) is 5.56 Å². The van der Waals surface area contributed by atoms with Crippen LogP contribution in [0, 0.1) is 11.3 Å². The van der Waals surface area contributed by atoms with E-state index in [0.29, 0.717) is 0 Å². The number of alkyl halides is 5. The number of hydrogen-bond acceptors (Lipinski definition) is 5. The zero-order chi connectivity index (χ0) is 18.2. The predicted molar refractivity (Wildman–Crippen MR) is 72.0 cm³/mol. The minimum absolute atomic E-state index is 0.0585. The van der Waals surface area contributed by atoms with Crippen molar-refractivity contribution in [1.82, 2.24) is 20.4 Å². The van der Waals surface area contributed by atoms with Crippen LogP contribution in [-0.2, 0) is 6.18 Å². The summed E-state index contributed by atoms with van der Waals surface area (Å²) in [6.45, 7) is 0. The summed E-state index contributed by atoms with van der Waals surface area (Å²) in [5, 5.41) is 18.1. The number of H-pyrrole nitrogens is 1. The molecule has 0 radical (unpaired) electrons. The van der Waals surface area contributed by atoms with Crippen molar-refractivity contribution in [3.05, 3.63) is 41.3 Å². The second kappa shape index (κ2) is 5.97. The molecule has 3 aromatic rings. The molecule has 25 heavy (non-hydrogen) atoms. The maximum absolute atomic E-state index is 13.2. The molecule has 128 valence electrons. The maximum atomic E-state index is 13.2. The third kappa shape index (κ3) is 3.06. The zero-order valence-corrected chi connectivity index (χ0v) is 12.0. The molecule has 3 rings (SSSR count). The summed E-state index contributed by atoms with van der Waals surface area (Å²) in [6, 6.07) is 5.30. The van der Waals surface area contributed by atoms with Gasteiger partial charge in [-0.3, -0.25) is 0 Å². The first kappa shape index (κ1) is 16.6. The quantitative estimate of drug-likeness (QED) is 0.718. The van der Waals surface area contributed by atoms with Gasteiger partial charge in [0, 0.05) is 5.56 Å². The minimum atomic E-state index is -4.53. The molecule has 0 saturated heterocycles. The van der Waals surface area contributed by atoms with E-state index in [1.807, 2.05) is 0 Å². The molecule has 0 atom stereocenters. The largest absolute Gasteiger partial charge is 0.434 e. The van der Waals surface area contributed by atoms with Crippen LogP contribution in [0.15, 0.2) is 28.7 Å². The summed E-state index contributed by atoms with van der Waals surface area (Å²) in [5.74, 6) is -1.19. The summed E-state index contributed by atoms with van der Waals surface area (Å²) in [6.07, 6.45) is -7.61. The van der Waals surface area contributed by atoms with Gasteiger partial charge in [-0.05, 0) is 24.3 Å². The van der Waals surface area contributed by atoms with E-state index in [1.165, 1.54) is 0 Å². The number of hydrogen-bond donors (Lipinski definition) is 1. The van der Waals surface area contributed by atoms with Gasteiger partial charge in [-0.1, -0.05) is 0 Å². The summed E-state index contributed by atoms with van der Waals surface area (Å²) in [5.41, 5.74) is -1.76. The molecule has 1 aromatic carbocycles. The first-order chi connectivity index (χ1) is 11.8. The van der Waals surface area contributed by atoms with E-state index in [-0.39, 0.29) is 22.8 Å². The van der Waals surface area contributed by atoms with Gasteiger partial charge in [0.15, 0.2) is 11.4 Å². The van der Waals surface area contributed by atoms with Crippen LogP contribution in [0.1, 0.15) is 23.4 Å². The monoisotopic (exact) mass is 355 g/mol. The van der Waals surface area contributed by atoms with Gasteiger partial charge in [-0.25, -0.2) is 13.8 Å². The molecular formula is C14H6F5N5O. The summed E-state index contributed by atoms with van der Waals surface area (Å²) in [7, 11) is 0. The highest BCUT2D eigenvalue weighted by molar-refractivity contribution is 5.66. The Morgan fingerprint density at radius 3 is 2.32 bits per heavy atom. The van der Waals surface area contributed by atoms with Crippen molar-refractivity contribution in [3.8, 4) is 28.9 Å². The van der Waals surface area contributed by atoms with Crippen molar-refractivity contribution in [2.75, 3.05) is 0 Å². The second-order valence-electron chi connectivity index (χ2n) is 4.74. The molecule has 0 fully saturated rings. The number of nitriles is 1. The lowest BCUT2D eigenvalue weighted by Crippen LogP contribution is -2.03. The molecule has 0 spiro atoms. The highest BCUT2D eigenvalue weighted by Gasteiger charge is 2.31. The number of nitrogens with zero attached hydrogens (tertiary/aromatic N) is 4. The van der Waals surface area contributed by atoms with Gasteiger partial charge >= 0.3 is 6.18 Å². The second-order valence-corrected chi connectivity index (χ2v) is 4.74. The number of rotatable bonds is 3. The molecule has 2 aromatic heterocycles. The third-order valence-electron chi connectivity index (χ3n) is 3.19. The van der Waals surface area contributed by atoms with E-state index in [1.54, 1.807) is 6.07 Å². The lowest BCUT2D eigenvalue weighted by Gasteiger charge is -2.06. The third-order valence-corrected chi connectivity index (χ3v) is 3.19. The van der Waals surface area contributed by atoms with E-state index in [4.69, 9.17) is 9.68 Å². The van der Waals surface area contributed by atoms with Crippen LogP contribution in [0.4, 0.5) is 22.0 Å². The average Bonchev–Trinajstić information content (AvgIpc) is 3.20. The average molecular weight is 355 g/mol. The number of aromatic nitrogens is 4. The van der Waals surface area contributed by atoms with Crippen LogP contribution in [0.25, 0.3) is 22.8 Å². The first-order valence-electron chi connectivity index (χ1n) is 6.59. The Morgan fingerprint density at radius 1 is 1.08 bits per heavy atom. The van der Waals surface area contributed by atoms with E-state index in [0.717, 1.165) is 24.3 Å². The number of halogens is 5. The van der Waals surface area contributed by atoms with Gasteiger partial charge in [0.2, 0.25) is 11.7 Å². The van der Waals surface area contributed by atoms with Gasteiger partial charge in [-0.15, -0.1) is 5.10 Å². The smallest absolute Gasteiger partial charge is 0.416 e. The van der Waals surface area contributed by atoms with Crippen molar-refractivity contribution < 1.29 is 26.4 Å². The van der Waals surface area contributed by atoms with E-state index >= 15 is 0 Å². The Labute approximate surface area is 135 Å². The van der Waals surface area contributed by atoms with Gasteiger partial charge < -0.3 is 4.42 Å². The predicted octanol–water partition coefficient (Wildman–Crippen LogP) is 3.95. The molecule has 0 saturated carbocycles. The summed E-state index contributed by atoms with van der Waals surface area (Å²) >= 11 is 0. The minimum Gasteiger partial charge on any atom is -0.434 e. The van der Waals surface area contributed by atoms with Crippen LogP contribution in [0.5, 0.6) is 0 Å². The Kier molecular flexibility index (Phi) is 3.96. The SMILES string of the molecule is N#Cc1n[nH]nc1-c1nc(-c2ccc(C(F)(F)F)cc2)oc1C(F)F. The summed E-state index contributed by atoms with van der Waals surface area (Å²) in [4.78, 5) is 3.84. The molecule has 2 heterocycles. The lowest BCUT2D eigenvalue weighted by atomic mass is 10.1. The molecule has 6 nitrogen and oxygen atoms in total. The van der Waals surface area contributed by atoms with Crippen LogP contribution in [0.2, 0.25) is 0 Å². The molecule has 0 aliphatic rings. The fourth-order valence-electron chi connectivity index (χ4n) is 2.05. The first-order valence-corrected chi connectivity index (χ1v) is 6.59. The molecular weight excluding hydrogens is 349 g/mol. The van der Waals surface area contributed by atoms with Gasteiger partial charge in [0.25, 0.3) is 6.43 Å². The Balaban J connectivity index is 2.07. The number of benzene rings is 1. The van der Waals surface area contributed by atoms with Crippen molar-refractivity contribution in [2.45, 2.75) is 12.6 Å². The number of nitrogens with one attached hydrogen (secondary N) is 1. The maximum Gasteiger partial charge on any atom is 0.416 e. The Morgan fingerprint density at radius 2 is 1.76 bits per heavy atom. The zero-order valence-electron chi connectivity index (χ0n) is 12.0. The topological polar surface area (TPSA) is 91.4 Å². The molecule has 0 amide bonds. The fraction of sp³-hybridized carbons (Fsp3) is 0.143. The summed E-state index contributed by atoms with van der Waals surface area (Å²) < 4.78 is 69.1. The fourth-order valence-corrected chi connectivity index (χ4v) is 2.05. The molecule has 1 N–H and O–H groups in total. The van der Waals surface area contributed by atoms with Crippen LogP contribution < -0.4 is 0 Å². The Hall–Kier alpha value is -3.29. The van der Waals surface area contributed by atoms with E-state index in [9.17, 15) is 22.0 Å².